The van der Waals surface area contributed by atoms with Crippen molar-refractivity contribution in [3.63, 3.8) is 0 Å². The molecule has 3 aromatic rings. The van der Waals surface area contributed by atoms with Gasteiger partial charge in [0, 0.05) is 40.1 Å². The monoisotopic (exact) mass is 590 g/mol. The van der Waals surface area contributed by atoms with Crippen molar-refractivity contribution in [2.75, 3.05) is 45.8 Å². The first-order valence-corrected chi connectivity index (χ1v) is 11.0. The predicted molar refractivity (Wildman–Crippen MR) is 138 cm³/mol. The molecule has 1 amide bonds. The predicted octanol–water partition coefficient (Wildman–Crippen LogP) is 5.85. The molecule has 1 aromatic carbocycles. The molecule has 0 aliphatic rings. The molecule has 14 heteroatoms. The van der Waals surface area contributed by atoms with Crippen molar-refractivity contribution >= 4 is 65.3 Å². The van der Waals surface area contributed by atoms with Crippen LogP contribution < -0.4 is 5.32 Å². The number of hydrogen-bond acceptors (Lipinski definition) is 5. The summed E-state index contributed by atoms with van der Waals surface area (Å²) in [5, 5.41) is 2.81. The van der Waals surface area contributed by atoms with E-state index >= 15 is 0 Å². The molecule has 0 bridgehead atoms. The van der Waals surface area contributed by atoms with Crippen molar-refractivity contribution in [2.45, 2.75) is 12.7 Å². The first-order chi connectivity index (χ1) is 16.2. The Morgan fingerprint density at radius 2 is 1.64 bits per heavy atom. The second kappa shape index (κ2) is 14.2. The van der Waals surface area contributed by atoms with Crippen molar-refractivity contribution in [3.05, 3.63) is 63.5 Å². The van der Waals surface area contributed by atoms with E-state index < -0.39 is 17.8 Å². The van der Waals surface area contributed by atoms with E-state index in [0.29, 0.717) is 26.3 Å². The van der Waals surface area contributed by atoms with Gasteiger partial charge in [-0.05, 0) is 24.3 Å². The normalized spacial score (nSPS) is 11.3. The highest BCUT2D eigenvalue weighted by molar-refractivity contribution is 6.40. The van der Waals surface area contributed by atoms with Gasteiger partial charge in [-0.2, -0.15) is 13.2 Å². The number of nitrogens with zero attached hydrogens (tertiary/aromatic N) is 3. The number of ether oxygens (including phenoxy) is 2. The summed E-state index contributed by atoms with van der Waals surface area (Å²) in [4.78, 5) is 18.5. The van der Waals surface area contributed by atoms with Gasteiger partial charge in [0.2, 0.25) is 0 Å². The van der Waals surface area contributed by atoms with Gasteiger partial charge < -0.3 is 19.2 Å². The van der Waals surface area contributed by atoms with E-state index in [1.165, 1.54) is 49.1 Å². The van der Waals surface area contributed by atoms with Crippen LogP contribution in [0.3, 0.4) is 0 Å². The number of anilines is 1. The first kappa shape index (κ1) is 32.2. The molecular formula is C22H25Cl4F3N4O3. The van der Waals surface area contributed by atoms with Gasteiger partial charge in [-0.15, -0.1) is 24.8 Å². The Hall–Kier alpha value is -1.79. The number of rotatable bonds is 10. The molecule has 2 aromatic heterocycles. The number of carbonyl (C=O) groups excluding carboxylic acids is 1. The topological polar surface area (TPSA) is 68.1 Å². The van der Waals surface area contributed by atoms with Crippen LogP contribution in [0.5, 0.6) is 0 Å². The van der Waals surface area contributed by atoms with Crippen LogP contribution in [0.25, 0.3) is 5.65 Å². The van der Waals surface area contributed by atoms with Gasteiger partial charge >= 0.3 is 6.18 Å². The molecule has 0 spiro atoms. The van der Waals surface area contributed by atoms with Gasteiger partial charge in [-0.25, -0.2) is 4.98 Å². The summed E-state index contributed by atoms with van der Waals surface area (Å²) in [6, 6.07) is 7.55. The summed E-state index contributed by atoms with van der Waals surface area (Å²) in [5.41, 5.74) is -1.06. The van der Waals surface area contributed by atoms with Crippen LogP contribution in [0.2, 0.25) is 10.0 Å². The third-order valence-electron chi connectivity index (χ3n) is 5.05. The second-order valence-electron chi connectivity index (χ2n) is 7.33. The lowest BCUT2D eigenvalue weighted by atomic mass is 10.2. The number of pyridine rings is 1. The second-order valence-corrected chi connectivity index (χ2v) is 8.15. The maximum Gasteiger partial charge on any atom is 0.435 e. The van der Waals surface area contributed by atoms with Crippen LogP contribution in [0.1, 0.15) is 21.7 Å². The van der Waals surface area contributed by atoms with Gasteiger partial charge in [-0.3, -0.25) is 9.69 Å². The summed E-state index contributed by atoms with van der Waals surface area (Å²) in [5.74, 6) is -0.663. The zero-order valence-electron chi connectivity index (χ0n) is 19.3. The fourth-order valence-corrected chi connectivity index (χ4v) is 3.98. The Morgan fingerprint density at radius 3 is 2.17 bits per heavy atom. The van der Waals surface area contributed by atoms with Crippen molar-refractivity contribution in [3.8, 4) is 0 Å². The fourth-order valence-electron chi connectivity index (χ4n) is 3.41. The molecule has 200 valence electrons. The number of amides is 1. The third kappa shape index (κ3) is 7.61. The van der Waals surface area contributed by atoms with E-state index in [1.54, 1.807) is 11.0 Å². The zero-order valence-corrected chi connectivity index (χ0v) is 22.4. The number of fused-ring (bicyclic) bond motifs is 1. The maximum atomic E-state index is 13.9. The number of hydrogen-bond donors (Lipinski definition) is 1. The maximum absolute atomic E-state index is 13.9. The Bertz CT molecular complexity index is 1130. The van der Waals surface area contributed by atoms with Crippen LogP contribution in [-0.4, -0.2) is 60.7 Å². The minimum Gasteiger partial charge on any atom is -0.383 e. The Kier molecular flexibility index (Phi) is 12.7. The summed E-state index contributed by atoms with van der Waals surface area (Å²) in [6.07, 6.45) is -3.24. The summed E-state index contributed by atoms with van der Waals surface area (Å²) >= 11 is 12.2. The van der Waals surface area contributed by atoms with Gasteiger partial charge in [0.1, 0.15) is 0 Å². The molecular weight excluding hydrogens is 567 g/mol. The van der Waals surface area contributed by atoms with E-state index in [2.05, 4.69) is 10.3 Å². The van der Waals surface area contributed by atoms with Gasteiger partial charge in [0.25, 0.3) is 5.91 Å². The molecule has 1 N–H and O–H groups in total. The highest BCUT2D eigenvalue weighted by atomic mass is 35.5. The molecule has 7 nitrogen and oxygen atoms in total. The van der Waals surface area contributed by atoms with E-state index in [-0.39, 0.29) is 64.0 Å². The highest BCUT2D eigenvalue weighted by Gasteiger charge is 2.38. The molecule has 0 radical (unpaired) electrons. The average molecular weight is 592 g/mol. The summed E-state index contributed by atoms with van der Waals surface area (Å²) in [6.45, 7) is 1.40. The van der Waals surface area contributed by atoms with Crippen molar-refractivity contribution in [1.82, 2.24) is 14.3 Å². The van der Waals surface area contributed by atoms with Gasteiger partial charge in [-0.1, -0.05) is 29.3 Å². The lowest BCUT2D eigenvalue weighted by molar-refractivity contribution is -0.141. The molecule has 0 atom stereocenters. The fraction of sp³-hybridized carbons (Fsp3) is 0.364. The molecule has 0 saturated carbocycles. The zero-order chi connectivity index (χ0) is 24.9. The van der Waals surface area contributed by atoms with Crippen LogP contribution in [0.4, 0.5) is 18.9 Å². The molecule has 0 saturated heterocycles. The van der Waals surface area contributed by atoms with Crippen LogP contribution in [0.15, 0.2) is 36.5 Å². The van der Waals surface area contributed by atoms with Gasteiger partial charge in [0.05, 0.1) is 40.2 Å². The third-order valence-corrected chi connectivity index (χ3v) is 5.68. The van der Waals surface area contributed by atoms with Crippen LogP contribution in [-0.2, 0) is 22.2 Å². The number of nitrogens with one attached hydrogen (secondary N) is 1. The smallest absolute Gasteiger partial charge is 0.383 e. The van der Waals surface area contributed by atoms with E-state index in [9.17, 15) is 18.0 Å². The number of aromatic nitrogens is 2. The number of halogens is 7. The molecule has 3 rings (SSSR count). The van der Waals surface area contributed by atoms with E-state index in [1.807, 2.05) is 0 Å². The largest absolute Gasteiger partial charge is 0.435 e. The van der Waals surface area contributed by atoms with Crippen LogP contribution in [0, 0.1) is 0 Å². The summed E-state index contributed by atoms with van der Waals surface area (Å²) in [7, 11) is 3.04. The Labute approximate surface area is 228 Å². The van der Waals surface area contributed by atoms with Crippen LogP contribution >= 0.6 is 48.0 Å². The average Bonchev–Trinajstić information content (AvgIpc) is 3.15. The number of benzene rings is 1. The molecule has 0 aliphatic heterocycles. The Morgan fingerprint density at radius 1 is 1.06 bits per heavy atom. The number of carbonyl (C=O) groups is 1. The van der Waals surface area contributed by atoms with Gasteiger partial charge in [0.15, 0.2) is 11.3 Å². The summed E-state index contributed by atoms with van der Waals surface area (Å²) < 4.78 is 53.3. The molecule has 0 fully saturated rings. The molecule has 0 unspecified atom stereocenters. The molecule has 0 aliphatic carbocycles. The first-order valence-electron chi connectivity index (χ1n) is 10.2. The standard InChI is InChI=1S/C22H23Cl2F3N4O3.2ClH/c1-33-11-9-30(10-12-34-2)13-17-19(22(25,26)27)29-20-16(7-4-8-31(17)20)28-21(32)18-14(23)5-3-6-15(18)24;;/h3-8H,9-13H2,1-2H3,(H,28,32);2*1H. The number of alkyl halides is 3. The van der Waals surface area contributed by atoms with Crippen molar-refractivity contribution in [2.24, 2.45) is 0 Å². The van der Waals surface area contributed by atoms with Crippen molar-refractivity contribution in [1.29, 1.82) is 0 Å². The lowest BCUT2D eigenvalue weighted by Crippen LogP contribution is -2.31. The Balaban J connectivity index is 0.00000324. The SMILES string of the molecule is COCCN(CCOC)Cc1c(C(F)(F)F)nc2c(NC(=O)c3c(Cl)cccc3Cl)cccn12.Cl.Cl. The number of imidazole rings is 1. The van der Waals surface area contributed by atoms with Crippen molar-refractivity contribution < 1.29 is 27.4 Å². The highest BCUT2D eigenvalue weighted by Crippen LogP contribution is 2.34. The minimum absolute atomic E-state index is 0. The quantitative estimate of drug-likeness (QED) is 0.320. The lowest BCUT2D eigenvalue weighted by Gasteiger charge is -2.22. The molecule has 2 heterocycles. The molecule has 36 heavy (non-hydrogen) atoms. The van der Waals surface area contributed by atoms with E-state index in [0.717, 1.165) is 0 Å². The minimum atomic E-state index is -4.71. The van der Waals surface area contributed by atoms with E-state index in [4.69, 9.17) is 32.7 Å². The number of methoxy groups -OCH3 is 2.